The monoisotopic (exact) mass is 319 g/mol. The first-order chi connectivity index (χ1) is 11.8. The van der Waals surface area contributed by atoms with Crippen molar-refractivity contribution in [3.05, 3.63) is 71.8 Å². The van der Waals surface area contributed by atoms with Crippen LogP contribution < -0.4 is 14.2 Å². The van der Waals surface area contributed by atoms with Crippen LogP contribution in [0.2, 0.25) is 0 Å². The van der Waals surface area contributed by atoms with Crippen molar-refractivity contribution in [2.75, 3.05) is 6.79 Å². The molecule has 24 heavy (non-hydrogen) atoms. The summed E-state index contributed by atoms with van der Waals surface area (Å²) in [6, 6.07) is 15.9. The van der Waals surface area contributed by atoms with Crippen molar-refractivity contribution >= 4 is 12.0 Å². The molecule has 1 heterocycles. The average Bonchev–Trinajstić information content (AvgIpc) is 3.07. The molecule has 1 aliphatic heterocycles. The number of para-hydroxylation sites is 1. The van der Waals surface area contributed by atoms with Gasteiger partial charge in [-0.3, -0.25) is 0 Å². The van der Waals surface area contributed by atoms with E-state index >= 15 is 0 Å². The van der Waals surface area contributed by atoms with Gasteiger partial charge in [0.05, 0.1) is 0 Å². The maximum Gasteiger partial charge on any atom is 0.354 e. The van der Waals surface area contributed by atoms with E-state index in [2.05, 4.69) is 0 Å². The minimum absolute atomic E-state index is 0.0872. The lowest BCUT2D eigenvalue weighted by molar-refractivity contribution is -0.129. The second-order valence-corrected chi connectivity index (χ2v) is 4.87. The molecule has 5 nitrogen and oxygen atoms in total. The van der Waals surface area contributed by atoms with Crippen LogP contribution in [0.3, 0.4) is 0 Å². The molecule has 5 heteroatoms. The number of hydrogen-bond donors (Lipinski definition) is 0. The lowest BCUT2D eigenvalue weighted by atomic mass is 10.1. The van der Waals surface area contributed by atoms with Gasteiger partial charge >= 0.3 is 5.97 Å². The van der Waals surface area contributed by atoms with Crippen molar-refractivity contribution in [2.24, 2.45) is 0 Å². The second-order valence-electron chi connectivity index (χ2n) is 4.87. The van der Waals surface area contributed by atoms with Crippen molar-refractivity contribution in [3.63, 3.8) is 0 Å². The zero-order valence-corrected chi connectivity index (χ0v) is 12.6. The van der Waals surface area contributed by atoms with Gasteiger partial charge in [-0.15, -0.1) is 0 Å². The number of fused-ring (bicyclic) bond motifs is 1. The van der Waals surface area contributed by atoms with Crippen LogP contribution in [0, 0.1) is 11.3 Å². The van der Waals surface area contributed by atoms with E-state index < -0.39 is 5.97 Å². The predicted octanol–water partition coefficient (Wildman–Crippen LogP) is 3.48. The van der Waals surface area contributed by atoms with Gasteiger partial charge in [0.15, 0.2) is 11.5 Å². The number of nitrogens with zero attached hydrogens (tertiary/aromatic N) is 1. The molecule has 0 spiro atoms. The third kappa shape index (κ3) is 3.62. The fraction of sp³-hybridized carbons (Fsp3) is 0.0526. The van der Waals surface area contributed by atoms with E-state index in [9.17, 15) is 4.79 Å². The molecule has 0 saturated carbocycles. The van der Waals surface area contributed by atoms with E-state index in [1.54, 1.807) is 42.5 Å². The van der Waals surface area contributed by atoms with E-state index in [1.165, 1.54) is 6.08 Å². The summed E-state index contributed by atoms with van der Waals surface area (Å²) in [5.74, 6) is 1.07. The van der Waals surface area contributed by atoms with Crippen molar-refractivity contribution in [2.45, 2.75) is 0 Å². The minimum Gasteiger partial charge on any atom is -0.454 e. The highest BCUT2D eigenvalue weighted by Crippen LogP contribution is 2.32. The van der Waals surface area contributed by atoms with Gasteiger partial charge in [0.2, 0.25) is 6.79 Å². The topological polar surface area (TPSA) is 68.5 Å². The summed E-state index contributed by atoms with van der Waals surface area (Å²) < 4.78 is 15.7. The van der Waals surface area contributed by atoms with Crippen LogP contribution in [-0.2, 0) is 4.79 Å². The number of allylic oxidation sites excluding steroid dienone is 2. The molecule has 0 N–H and O–H groups in total. The number of benzene rings is 2. The molecule has 2 aromatic rings. The molecule has 1 aliphatic rings. The molecule has 0 fully saturated rings. The summed E-state index contributed by atoms with van der Waals surface area (Å²) in [6.07, 6.45) is 4.79. The largest absolute Gasteiger partial charge is 0.454 e. The smallest absolute Gasteiger partial charge is 0.354 e. The molecule has 3 rings (SSSR count). The van der Waals surface area contributed by atoms with Gasteiger partial charge in [-0.25, -0.2) is 4.79 Å². The third-order valence-electron chi connectivity index (χ3n) is 3.24. The summed E-state index contributed by atoms with van der Waals surface area (Å²) in [6.45, 7) is 0.215. The van der Waals surface area contributed by atoms with E-state index in [1.807, 2.05) is 24.3 Å². The Labute approximate surface area is 139 Å². The SMILES string of the molecule is N#C/C(=C\C=C\c1ccc2c(c1)OCO2)C(=O)Oc1ccccc1. The fourth-order valence-corrected chi connectivity index (χ4v) is 2.07. The quantitative estimate of drug-likeness (QED) is 0.284. The molecule has 118 valence electrons. The molecular weight excluding hydrogens is 306 g/mol. The summed E-state index contributed by atoms with van der Waals surface area (Å²) in [7, 11) is 0. The van der Waals surface area contributed by atoms with Crippen LogP contribution in [0.1, 0.15) is 5.56 Å². The Hall–Kier alpha value is -3.52. The van der Waals surface area contributed by atoms with E-state index in [0.717, 1.165) is 5.56 Å². The Morgan fingerprint density at radius 2 is 1.92 bits per heavy atom. The molecular formula is C19H13NO4. The highest BCUT2D eigenvalue weighted by molar-refractivity contribution is 5.94. The van der Waals surface area contributed by atoms with Crippen molar-refractivity contribution in [1.29, 1.82) is 5.26 Å². The van der Waals surface area contributed by atoms with Crippen LogP contribution in [0.5, 0.6) is 17.2 Å². The van der Waals surface area contributed by atoms with Crippen molar-refractivity contribution in [3.8, 4) is 23.3 Å². The summed E-state index contributed by atoms with van der Waals surface area (Å²) in [5, 5.41) is 9.11. The minimum atomic E-state index is -0.695. The Balaban J connectivity index is 1.69. The maximum absolute atomic E-state index is 12.0. The number of hydrogen-bond acceptors (Lipinski definition) is 5. The summed E-state index contributed by atoms with van der Waals surface area (Å²) >= 11 is 0. The number of carbonyl (C=O) groups excluding carboxylic acids is 1. The first-order valence-electron chi connectivity index (χ1n) is 7.21. The van der Waals surface area contributed by atoms with Crippen LogP contribution >= 0.6 is 0 Å². The highest BCUT2D eigenvalue weighted by Gasteiger charge is 2.12. The molecule has 0 aliphatic carbocycles. The van der Waals surface area contributed by atoms with Gasteiger partial charge in [0, 0.05) is 0 Å². The second kappa shape index (κ2) is 7.16. The van der Waals surface area contributed by atoms with E-state index in [0.29, 0.717) is 17.2 Å². The summed E-state index contributed by atoms with van der Waals surface area (Å²) in [5.41, 5.74) is 0.778. The standard InChI is InChI=1S/C19H13NO4/c20-12-15(19(21)24-16-7-2-1-3-8-16)6-4-5-14-9-10-17-18(11-14)23-13-22-17/h1-11H,13H2/b5-4+,15-6+. The lowest BCUT2D eigenvalue weighted by Gasteiger charge is -2.01. The van der Waals surface area contributed by atoms with Gasteiger partial charge < -0.3 is 14.2 Å². The van der Waals surface area contributed by atoms with Crippen molar-refractivity contribution in [1.82, 2.24) is 0 Å². The van der Waals surface area contributed by atoms with E-state index in [-0.39, 0.29) is 12.4 Å². The highest BCUT2D eigenvalue weighted by atomic mass is 16.7. The van der Waals surface area contributed by atoms with Gasteiger partial charge in [-0.2, -0.15) is 5.26 Å². The first-order valence-corrected chi connectivity index (χ1v) is 7.21. The Kier molecular flexibility index (Phi) is 4.59. The molecule has 2 aromatic carbocycles. The molecule has 0 radical (unpaired) electrons. The van der Waals surface area contributed by atoms with Crippen molar-refractivity contribution < 1.29 is 19.0 Å². The van der Waals surface area contributed by atoms with Crippen LogP contribution in [0.25, 0.3) is 6.08 Å². The number of carbonyl (C=O) groups is 1. The fourth-order valence-electron chi connectivity index (χ4n) is 2.07. The average molecular weight is 319 g/mol. The zero-order chi connectivity index (χ0) is 16.8. The van der Waals surface area contributed by atoms with E-state index in [4.69, 9.17) is 19.5 Å². The Bertz CT molecular complexity index is 847. The zero-order valence-electron chi connectivity index (χ0n) is 12.6. The predicted molar refractivity (Wildman–Crippen MR) is 87.4 cm³/mol. The van der Waals surface area contributed by atoms with Crippen LogP contribution in [-0.4, -0.2) is 12.8 Å². The number of ether oxygens (including phenoxy) is 3. The molecule has 0 aromatic heterocycles. The first kappa shape index (κ1) is 15.4. The molecule has 0 amide bonds. The van der Waals surface area contributed by atoms with Gasteiger partial charge in [0.1, 0.15) is 17.4 Å². The number of nitriles is 1. The summed E-state index contributed by atoms with van der Waals surface area (Å²) in [4.78, 5) is 12.0. The Morgan fingerprint density at radius 1 is 1.12 bits per heavy atom. The lowest BCUT2D eigenvalue weighted by Crippen LogP contribution is -2.09. The third-order valence-corrected chi connectivity index (χ3v) is 3.24. The van der Waals surface area contributed by atoms with Crippen LogP contribution in [0.15, 0.2) is 66.3 Å². The number of rotatable bonds is 4. The molecule has 0 unspecified atom stereocenters. The van der Waals surface area contributed by atoms with Gasteiger partial charge in [0.25, 0.3) is 0 Å². The van der Waals surface area contributed by atoms with Gasteiger partial charge in [-0.05, 0) is 35.9 Å². The van der Waals surface area contributed by atoms with Gasteiger partial charge in [-0.1, -0.05) is 36.4 Å². The Morgan fingerprint density at radius 3 is 2.71 bits per heavy atom. The number of esters is 1. The molecule has 0 atom stereocenters. The molecule has 0 saturated heterocycles. The molecule has 0 bridgehead atoms. The maximum atomic E-state index is 12.0. The normalized spacial score (nSPS) is 12.9. The van der Waals surface area contributed by atoms with Crippen LogP contribution in [0.4, 0.5) is 0 Å².